The number of nitrogens with zero attached hydrogens (tertiary/aromatic N) is 1. The molecule has 2 heterocycles. The Morgan fingerprint density at radius 2 is 1.58 bits per heavy atom. The third kappa shape index (κ3) is 10.1. The van der Waals surface area contributed by atoms with Gasteiger partial charge < -0.3 is 44.5 Å². The molecule has 2 aromatic carbocycles. The summed E-state index contributed by atoms with van der Waals surface area (Å²) in [7, 11) is 1.33. The number of esters is 1. The summed E-state index contributed by atoms with van der Waals surface area (Å²) in [6.45, 7) is 7.01. The molecule has 2 aromatic rings. The molecule has 4 amide bonds. The van der Waals surface area contributed by atoms with Crippen LogP contribution >= 0.6 is 0 Å². The highest BCUT2D eigenvalue weighted by Crippen LogP contribution is 2.45. The predicted octanol–water partition coefficient (Wildman–Crippen LogP) is 5.56. The predicted molar refractivity (Wildman–Crippen MR) is 210 cm³/mol. The van der Waals surface area contributed by atoms with Crippen molar-refractivity contribution in [3.63, 3.8) is 0 Å². The first-order chi connectivity index (χ1) is 27.4. The molecule has 2 aliphatic heterocycles. The van der Waals surface area contributed by atoms with Crippen LogP contribution in [0.5, 0.6) is 0 Å². The van der Waals surface area contributed by atoms with Crippen molar-refractivity contribution in [3.8, 4) is 11.1 Å². The van der Waals surface area contributed by atoms with Gasteiger partial charge in [-0.2, -0.15) is 0 Å². The highest BCUT2D eigenvalue weighted by Gasteiger charge is 2.52. The Hall–Kier alpha value is -4.69. The van der Waals surface area contributed by atoms with Crippen molar-refractivity contribution >= 4 is 30.0 Å². The van der Waals surface area contributed by atoms with Crippen molar-refractivity contribution in [2.45, 2.75) is 120 Å². The van der Waals surface area contributed by atoms with Crippen LogP contribution < -0.4 is 16.0 Å². The zero-order valence-electron chi connectivity index (χ0n) is 33.6. The van der Waals surface area contributed by atoms with Crippen LogP contribution in [-0.4, -0.2) is 104 Å². The number of hydrogen-bond donors (Lipinski definition) is 3. The second kappa shape index (κ2) is 18.7. The number of nitrogens with one attached hydrogen (secondary N) is 3. The fourth-order valence-electron chi connectivity index (χ4n) is 8.80. The fourth-order valence-corrected chi connectivity index (χ4v) is 8.80. The molecule has 1 spiro atoms. The highest BCUT2D eigenvalue weighted by atomic mass is 16.7. The van der Waals surface area contributed by atoms with Gasteiger partial charge in [0.1, 0.15) is 24.3 Å². The number of amides is 4. The second-order valence-corrected chi connectivity index (χ2v) is 16.4. The standard InChI is InChI=1S/C43H58N4O10/c1-42(2,3)57-40(51)44-23-10-18-34(45-41(52)54-27-33-31-16-7-5-14-29(31)30-15-6-8-17-32(30)33)38(49)46-36-20-9-13-28(43(36)55-25-12-26-56-43)21-22-37(48)47-24-11-19-35(47)39(50)53-4/h5-8,14-17,28,33-36H,9-13,18-27H2,1-4H3,(H,44,51)(H,45,52)(H,46,49)/t28-,34+,35+,36-/m1/s1. The molecule has 0 bridgehead atoms. The number of carbonyl (C=O) groups excluding carboxylic acids is 5. The zero-order chi connectivity index (χ0) is 40.6. The Balaban J connectivity index is 1.12. The molecule has 2 saturated heterocycles. The van der Waals surface area contributed by atoms with Gasteiger partial charge in [-0.25, -0.2) is 14.4 Å². The van der Waals surface area contributed by atoms with Crippen LogP contribution in [0.3, 0.4) is 0 Å². The third-order valence-corrected chi connectivity index (χ3v) is 11.4. The SMILES string of the molecule is COC(=O)[C@@H]1CCCN1C(=O)CC[C@H]1CCC[C@@H](NC(=O)[C@H](CCCNC(=O)OC(C)(C)C)NC(=O)OCC2c3ccccc3-c3ccccc32)C12OCCCO2. The maximum absolute atomic E-state index is 14.2. The van der Waals surface area contributed by atoms with Crippen LogP contribution in [-0.2, 0) is 38.1 Å². The average Bonchev–Trinajstić information content (AvgIpc) is 3.81. The molecule has 6 rings (SSSR count). The summed E-state index contributed by atoms with van der Waals surface area (Å²) in [4.78, 5) is 67.4. The van der Waals surface area contributed by atoms with Gasteiger partial charge in [-0.15, -0.1) is 0 Å². The van der Waals surface area contributed by atoms with Crippen molar-refractivity contribution in [1.29, 1.82) is 0 Å². The van der Waals surface area contributed by atoms with E-state index in [0.717, 1.165) is 41.5 Å². The number of hydrogen-bond acceptors (Lipinski definition) is 10. The van der Waals surface area contributed by atoms with Crippen molar-refractivity contribution in [2.24, 2.45) is 5.92 Å². The minimum Gasteiger partial charge on any atom is -0.467 e. The maximum Gasteiger partial charge on any atom is 0.407 e. The van der Waals surface area contributed by atoms with Crippen LogP contribution in [0.2, 0.25) is 0 Å². The summed E-state index contributed by atoms with van der Waals surface area (Å²) in [6.07, 6.45) is 3.98. The number of ether oxygens (including phenoxy) is 5. The number of carbonyl (C=O) groups is 5. The molecule has 0 radical (unpaired) electrons. The molecule has 2 aliphatic carbocycles. The van der Waals surface area contributed by atoms with Crippen molar-refractivity contribution in [2.75, 3.05) is 40.0 Å². The molecule has 3 N–H and O–H groups in total. The number of benzene rings is 2. The monoisotopic (exact) mass is 790 g/mol. The van der Waals surface area contributed by atoms with E-state index in [1.165, 1.54) is 7.11 Å². The van der Waals surface area contributed by atoms with Crippen LogP contribution in [0, 0.1) is 5.92 Å². The van der Waals surface area contributed by atoms with E-state index < -0.39 is 53.6 Å². The average molecular weight is 791 g/mol. The van der Waals surface area contributed by atoms with Gasteiger partial charge in [0, 0.05) is 31.3 Å². The van der Waals surface area contributed by atoms with Gasteiger partial charge in [0.2, 0.25) is 11.8 Å². The van der Waals surface area contributed by atoms with E-state index in [1.807, 2.05) is 36.4 Å². The van der Waals surface area contributed by atoms with Crippen LogP contribution in [0.15, 0.2) is 48.5 Å². The number of fused-ring (bicyclic) bond motifs is 3. The first kappa shape index (κ1) is 41.9. The molecule has 4 atom stereocenters. The summed E-state index contributed by atoms with van der Waals surface area (Å²) >= 11 is 0. The topological polar surface area (TPSA) is 171 Å². The molecule has 57 heavy (non-hydrogen) atoms. The lowest BCUT2D eigenvalue weighted by molar-refractivity contribution is -0.317. The molecule has 0 unspecified atom stereocenters. The first-order valence-corrected chi connectivity index (χ1v) is 20.4. The van der Waals surface area contributed by atoms with Crippen molar-refractivity contribution in [1.82, 2.24) is 20.9 Å². The second-order valence-electron chi connectivity index (χ2n) is 16.4. The smallest absolute Gasteiger partial charge is 0.407 e. The highest BCUT2D eigenvalue weighted by molar-refractivity contribution is 5.86. The molecule has 310 valence electrons. The fraction of sp³-hybridized carbons (Fsp3) is 0.605. The van der Waals surface area contributed by atoms with Gasteiger partial charge in [0.25, 0.3) is 0 Å². The minimum atomic E-state index is -1.16. The van der Waals surface area contributed by atoms with Crippen molar-refractivity contribution < 1.29 is 47.7 Å². The Morgan fingerprint density at radius 3 is 2.25 bits per heavy atom. The summed E-state index contributed by atoms with van der Waals surface area (Å²) in [6, 6.07) is 14.0. The molecule has 4 aliphatic rings. The normalized spacial score (nSPS) is 21.8. The summed E-state index contributed by atoms with van der Waals surface area (Å²) < 4.78 is 29.0. The van der Waals surface area contributed by atoms with Gasteiger partial charge >= 0.3 is 18.2 Å². The van der Waals surface area contributed by atoms with E-state index >= 15 is 0 Å². The van der Waals surface area contributed by atoms with Gasteiger partial charge in [-0.3, -0.25) is 9.59 Å². The number of likely N-dealkylation sites (tertiary alicyclic amines) is 1. The van der Waals surface area contributed by atoms with E-state index in [9.17, 15) is 24.0 Å². The minimum absolute atomic E-state index is 0.0834. The van der Waals surface area contributed by atoms with Gasteiger partial charge in [0.05, 0.1) is 26.4 Å². The molecular formula is C43H58N4O10. The Kier molecular flexibility index (Phi) is 13.8. The van der Waals surface area contributed by atoms with E-state index in [-0.39, 0.29) is 43.7 Å². The lowest BCUT2D eigenvalue weighted by Gasteiger charge is -2.51. The lowest BCUT2D eigenvalue weighted by atomic mass is 9.76. The maximum atomic E-state index is 14.2. The Labute approximate surface area is 335 Å². The summed E-state index contributed by atoms with van der Waals surface area (Å²) in [5.74, 6) is -2.47. The molecule has 3 fully saturated rings. The number of rotatable bonds is 13. The third-order valence-electron chi connectivity index (χ3n) is 11.4. The van der Waals surface area contributed by atoms with Crippen LogP contribution in [0.25, 0.3) is 11.1 Å². The summed E-state index contributed by atoms with van der Waals surface area (Å²) in [5.41, 5.74) is 3.69. The van der Waals surface area contributed by atoms with Crippen molar-refractivity contribution in [3.05, 3.63) is 59.7 Å². The molecule has 1 saturated carbocycles. The first-order valence-electron chi connectivity index (χ1n) is 20.4. The van der Waals surface area contributed by atoms with Crippen LogP contribution in [0.4, 0.5) is 9.59 Å². The van der Waals surface area contributed by atoms with E-state index in [0.29, 0.717) is 51.9 Å². The molecular weight excluding hydrogens is 732 g/mol. The zero-order valence-corrected chi connectivity index (χ0v) is 33.6. The van der Waals surface area contributed by atoms with Gasteiger partial charge in [-0.1, -0.05) is 55.0 Å². The quantitative estimate of drug-likeness (QED) is 0.133. The lowest BCUT2D eigenvalue weighted by Crippen LogP contribution is -2.65. The largest absolute Gasteiger partial charge is 0.467 e. The van der Waals surface area contributed by atoms with E-state index in [2.05, 4.69) is 28.1 Å². The number of alkyl carbamates (subject to hydrolysis) is 2. The van der Waals surface area contributed by atoms with Gasteiger partial charge in [-0.05, 0) is 94.4 Å². The summed E-state index contributed by atoms with van der Waals surface area (Å²) in [5, 5.41) is 8.70. The molecule has 14 nitrogen and oxygen atoms in total. The Morgan fingerprint density at radius 1 is 0.895 bits per heavy atom. The Bertz CT molecular complexity index is 1710. The number of methoxy groups -OCH3 is 1. The molecule has 0 aromatic heterocycles. The van der Waals surface area contributed by atoms with E-state index in [4.69, 9.17) is 23.7 Å². The van der Waals surface area contributed by atoms with E-state index in [1.54, 1.807) is 25.7 Å². The van der Waals surface area contributed by atoms with Crippen LogP contribution in [0.1, 0.15) is 102 Å². The van der Waals surface area contributed by atoms with Gasteiger partial charge in [0.15, 0.2) is 5.79 Å². The molecule has 14 heteroatoms.